The lowest BCUT2D eigenvalue weighted by molar-refractivity contribution is 0.0949. The highest BCUT2D eigenvalue weighted by Gasteiger charge is 2.07. The van der Waals surface area contributed by atoms with Gasteiger partial charge in [-0.2, -0.15) is 4.99 Å². The van der Waals surface area contributed by atoms with Crippen molar-refractivity contribution in [2.75, 3.05) is 27.2 Å². The van der Waals surface area contributed by atoms with E-state index in [9.17, 15) is 9.59 Å². The van der Waals surface area contributed by atoms with Crippen LogP contribution in [-0.4, -0.2) is 48.5 Å². The van der Waals surface area contributed by atoms with Gasteiger partial charge in [0.15, 0.2) is 4.80 Å². The Morgan fingerprint density at radius 1 is 1.03 bits per heavy atom. The minimum Gasteiger partial charge on any atom is -0.351 e. The Bertz CT molecular complexity index is 1060. The Morgan fingerprint density at radius 2 is 1.70 bits per heavy atom. The lowest BCUT2D eigenvalue weighted by Gasteiger charge is -2.10. The Hall–Kier alpha value is -3.03. The first-order chi connectivity index (χ1) is 14.4. The number of hydrogen-bond acceptors (Lipinski definition) is 4. The van der Waals surface area contributed by atoms with Crippen molar-refractivity contribution in [2.24, 2.45) is 4.99 Å². The monoisotopic (exact) mass is 422 g/mol. The lowest BCUT2D eigenvalue weighted by Crippen LogP contribution is -2.31. The first-order valence-corrected chi connectivity index (χ1v) is 10.6. The maximum Gasteiger partial charge on any atom is 0.279 e. The Kier molecular flexibility index (Phi) is 7.32. The summed E-state index contributed by atoms with van der Waals surface area (Å²) in [5.74, 6) is -0.332. The van der Waals surface area contributed by atoms with Gasteiger partial charge in [-0.05, 0) is 50.8 Å². The Labute approximate surface area is 180 Å². The van der Waals surface area contributed by atoms with E-state index in [0.29, 0.717) is 29.0 Å². The van der Waals surface area contributed by atoms with Gasteiger partial charge >= 0.3 is 0 Å². The molecule has 30 heavy (non-hydrogen) atoms. The summed E-state index contributed by atoms with van der Waals surface area (Å²) in [7, 11) is 3.94. The summed E-state index contributed by atoms with van der Waals surface area (Å²) in [6.45, 7) is 3.97. The molecule has 0 spiro atoms. The quantitative estimate of drug-likeness (QED) is 0.637. The van der Waals surface area contributed by atoms with Gasteiger partial charge in [-0.3, -0.25) is 9.59 Å². The first-order valence-electron chi connectivity index (χ1n) is 9.74. The van der Waals surface area contributed by atoms with Crippen molar-refractivity contribution in [1.82, 2.24) is 14.8 Å². The fourth-order valence-corrected chi connectivity index (χ4v) is 3.53. The largest absolute Gasteiger partial charge is 0.351 e. The Balaban J connectivity index is 1.68. The number of aromatic nitrogens is 1. The SMILES string of the molecule is Cc1ccc(C(=O)N=c2sccn2Cc2ccc(C(=O)NCCN(C)C)cc2)cc1. The molecule has 0 unspecified atom stereocenters. The lowest BCUT2D eigenvalue weighted by atomic mass is 10.1. The van der Waals surface area contributed by atoms with Gasteiger partial charge in [-0.1, -0.05) is 29.8 Å². The number of likely N-dealkylation sites (N-methyl/N-ethyl adjacent to an activating group) is 1. The zero-order valence-corrected chi connectivity index (χ0v) is 18.3. The van der Waals surface area contributed by atoms with Crippen LogP contribution in [0.4, 0.5) is 0 Å². The summed E-state index contributed by atoms with van der Waals surface area (Å²) in [5.41, 5.74) is 3.34. The van der Waals surface area contributed by atoms with Crippen molar-refractivity contribution in [2.45, 2.75) is 13.5 Å². The highest BCUT2D eigenvalue weighted by atomic mass is 32.1. The van der Waals surface area contributed by atoms with Gasteiger partial charge in [0.2, 0.25) is 0 Å². The second-order valence-electron chi connectivity index (χ2n) is 7.35. The van der Waals surface area contributed by atoms with Crippen LogP contribution in [0.25, 0.3) is 0 Å². The number of nitrogens with one attached hydrogen (secondary N) is 1. The summed E-state index contributed by atoms with van der Waals surface area (Å²) in [6.07, 6.45) is 1.91. The molecule has 1 heterocycles. The maximum absolute atomic E-state index is 12.5. The minimum atomic E-state index is -0.254. The predicted octanol–water partition coefficient (Wildman–Crippen LogP) is 2.94. The predicted molar refractivity (Wildman–Crippen MR) is 120 cm³/mol. The summed E-state index contributed by atoms with van der Waals surface area (Å²) in [6, 6.07) is 14.9. The normalized spacial score (nSPS) is 11.7. The zero-order valence-electron chi connectivity index (χ0n) is 17.5. The molecule has 3 aromatic rings. The van der Waals surface area contributed by atoms with Crippen molar-refractivity contribution in [3.05, 3.63) is 87.2 Å². The molecule has 7 heteroatoms. The summed E-state index contributed by atoms with van der Waals surface area (Å²) < 4.78 is 1.93. The number of carbonyl (C=O) groups excluding carboxylic acids is 2. The van der Waals surface area contributed by atoms with Crippen LogP contribution in [0.3, 0.4) is 0 Å². The molecule has 156 valence electrons. The molecule has 2 aromatic carbocycles. The molecule has 1 N–H and O–H groups in total. The molecule has 0 radical (unpaired) electrons. The van der Waals surface area contributed by atoms with E-state index in [4.69, 9.17) is 0 Å². The second kappa shape index (κ2) is 10.1. The van der Waals surface area contributed by atoms with Gasteiger partial charge in [0.25, 0.3) is 11.8 Å². The zero-order chi connectivity index (χ0) is 21.5. The molecule has 0 fully saturated rings. The van der Waals surface area contributed by atoms with Gasteiger partial charge in [-0.15, -0.1) is 11.3 Å². The third-order valence-electron chi connectivity index (χ3n) is 4.57. The topological polar surface area (TPSA) is 66.7 Å². The standard InChI is InChI=1S/C23H26N4O2S/c1-17-4-8-20(9-5-17)22(29)25-23-27(14-15-30-23)16-18-6-10-19(11-7-18)21(28)24-12-13-26(2)3/h4-11,14-15H,12-13,16H2,1-3H3,(H,24,28). The van der Waals surface area contributed by atoms with Gasteiger partial charge in [0.05, 0.1) is 0 Å². The molecule has 0 aliphatic rings. The fraction of sp³-hybridized carbons (Fsp3) is 0.261. The number of thiazole rings is 1. The molecular formula is C23H26N4O2S. The van der Waals surface area contributed by atoms with Crippen LogP contribution in [0.2, 0.25) is 0 Å². The van der Waals surface area contributed by atoms with Crippen LogP contribution in [-0.2, 0) is 6.54 Å². The number of amides is 2. The number of carbonyl (C=O) groups is 2. The van der Waals surface area contributed by atoms with E-state index < -0.39 is 0 Å². The van der Waals surface area contributed by atoms with E-state index >= 15 is 0 Å². The molecular weight excluding hydrogens is 396 g/mol. The summed E-state index contributed by atoms with van der Waals surface area (Å²) in [4.78, 5) is 31.6. The molecule has 0 bridgehead atoms. The summed E-state index contributed by atoms with van der Waals surface area (Å²) in [5, 5.41) is 4.82. The van der Waals surface area contributed by atoms with Crippen LogP contribution >= 0.6 is 11.3 Å². The number of nitrogens with zero attached hydrogens (tertiary/aromatic N) is 3. The Morgan fingerprint density at radius 3 is 2.37 bits per heavy atom. The maximum atomic E-state index is 12.5. The van der Waals surface area contributed by atoms with Crippen molar-refractivity contribution in [3.8, 4) is 0 Å². The smallest absolute Gasteiger partial charge is 0.279 e. The molecule has 1 aromatic heterocycles. The fourth-order valence-electron chi connectivity index (χ4n) is 2.81. The molecule has 0 aliphatic carbocycles. The van der Waals surface area contributed by atoms with E-state index in [-0.39, 0.29) is 11.8 Å². The van der Waals surface area contributed by atoms with Gasteiger partial charge in [-0.25, -0.2) is 0 Å². The number of hydrogen-bond donors (Lipinski definition) is 1. The molecule has 0 aliphatic heterocycles. The molecule has 0 atom stereocenters. The third kappa shape index (κ3) is 5.98. The average molecular weight is 423 g/mol. The van der Waals surface area contributed by atoms with Gasteiger partial charge in [0.1, 0.15) is 0 Å². The van der Waals surface area contributed by atoms with Crippen molar-refractivity contribution in [1.29, 1.82) is 0 Å². The number of rotatable bonds is 7. The number of aryl methyl sites for hydroxylation is 1. The molecule has 3 rings (SSSR count). The van der Waals surface area contributed by atoms with E-state index in [0.717, 1.165) is 17.7 Å². The molecule has 6 nitrogen and oxygen atoms in total. The van der Waals surface area contributed by atoms with E-state index in [1.54, 1.807) is 12.1 Å². The second-order valence-corrected chi connectivity index (χ2v) is 8.23. The van der Waals surface area contributed by atoms with Crippen LogP contribution in [0.15, 0.2) is 65.1 Å². The van der Waals surface area contributed by atoms with Crippen molar-refractivity contribution in [3.63, 3.8) is 0 Å². The minimum absolute atomic E-state index is 0.0778. The van der Waals surface area contributed by atoms with E-state index in [1.807, 2.05) is 78.5 Å². The highest BCUT2D eigenvalue weighted by Crippen LogP contribution is 2.08. The highest BCUT2D eigenvalue weighted by molar-refractivity contribution is 7.07. The van der Waals surface area contributed by atoms with E-state index in [2.05, 4.69) is 10.3 Å². The summed E-state index contributed by atoms with van der Waals surface area (Å²) >= 11 is 1.42. The molecule has 0 saturated heterocycles. The van der Waals surface area contributed by atoms with Gasteiger partial charge < -0.3 is 14.8 Å². The van der Waals surface area contributed by atoms with Crippen LogP contribution in [0.1, 0.15) is 31.8 Å². The van der Waals surface area contributed by atoms with Crippen molar-refractivity contribution >= 4 is 23.2 Å². The van der Waals surface area contributed by atoms with Crippen LogP contribution in [0.5, 0.6) is 0 Å². The first kappa shape index (κ1) is 21.7. The average Bonchev–Trinajstić information content (AvgIpc) is 3.15. The van der Waals surface area contributed by atoms with Gasteiger partial charge in [0, 0.05) is 42.3 Å². The van der Waals surface area contributed by atoms with Crippen LogP contribution < -0.4 is 10.1 Å². The molecule has 0 saturated carbocycles. The van der Waals surface area contributed by atoms with Crippen molar-refractivity contribution < 1.29 is 9.59 Å². The van der Waals surface area contributed by atoms with Crippen LogP contribution in [0, 0.1) is 6.92 Å². The molecule has 2 amide bonds. The number of benzene rings is 2. The van der Waals surface area contributed by atoms with E-state index in [1.165, 1.54) is 11.3 Å². The third-order valence-corrected chi connectivity index (χ3v) is 5.36.